The van der Waals surface area contributed by atoms with Crippen molar-refractivity contribution in [3.63, 3.8) is 0 Å². The summed E-state index contributed by atoms with van der Waals surface area (Å²) in [6, 6.07) is 1.75. The van der Waals surface area contributed by atoms with Crippen LogP contribution in [0.25, 0.3) is 0 Å². The number of rotatable bonds is 2. The summed E-state index contributed by atoms with van der Waals surface area (Å²) in [6.45, 7) is -0.0691. The standard InChI is InChI=1S/C11H10Cl2N2O4/c12-6-1-2-8(13)14-9(6)10(17)15-4-5(16)3-7(15)11(18)19/h1-2,5,7,16H,3-4H2,(H,18,19)/t5-,7+/m1/s1. The van der Waals surface area contributed by atoms with Gasteiger partial charge in [0.1, 0.15) is 16.9 Å². The third-order valence-electron chi connectivity index (χ3n) is 2.84. The number of aliphatic hydroxyl groups is 1. The third-order valence-corrected chi connectivity index (χ3v) is 3.36. The van der Waals surface area contributed by atoms with Crippen molar-refractivity contribution in [3.05, 3.63) is 28.0 Å². The summed E-state index contributed by atoms with van der Waals surface area (Å²) >= 11 is 11.5. The van der Waals surface area contributed by atoms with E-state index in [1.54, 1.807) is 0 Å². The molecule has 1 amide bonds. The number of likely N-dealkylation sites (tertiary alicyclic amines) is 1. The van der Waals surface area contributed by atoms with Crippen LogP contribution < -0.4 is 0 Å². The molecule has 2 N–H and O–H groups in total. The number of hydrogen-bond acceptors (Lipinski definition) is 4. The molecule has 102 valence electrons. The predicted octanol–water partition coefficient (Wildman–Crippen LogP) is 1.05. The van der Waals surface area contributed by atoms with Crippen molar-refractivity contribution in [3.8, 4) is 0 Å². The lowest BCUT2D eigenvalue weighted by atomic mass is 10.2. The van der Waals surface area contributed by atoms with Crippen LogP contribution in [0.4, 0.5) is 0 Å². The van der Waals surface area contributed by atoms with E-state index in [4.69, 9.17) is 28.3 Å². The van der Waals surface area contributed by atoms with E-state index in [0.717, 1.165) is 4.90 Å². The van der Waals surface area contributed by atoms with Gasteiger partial charge in [0, 0.05) is 13.0 Å². The zero-order valence-electron chi connectivity index (χ0n) is 9.58. The number of carboxylic acids is 1. The molecule has 6 nitrogen and oxygen atoms in total. The highest BCUT2D eigenvalue weighted by atomic mass is 35.5. The molecule has 0 aliphatic carbocycles. The van der Waals surface area contributed by atoms with Gasteiger partial charge in [-0.2, -0.15) is 0 Å². The van der Waals surface area contributed by atoms with Crippen LogP contribution in [0.3, 0.4) is 0 Å². The van der Waals surface area contributed by atoms with E-state index < -0.39 is 24.0 Å². The maximum atomic E-state index is 12.2. The van der Waals surface area contributed by atoms with Gasteiger partial charge in [-0.15, -0.1) is 0 Å². The monoisotopic (exact) mass is 304 g/mol. The molecule has 8 heteroatoms. The number of aliphatic carboxylic acids is 1. The summed E-state index contributed by atoms with van der Waals surface area (Å²) < 4.78 is 0. The van der Waals surface area contributed by atoms with Gasteiger partial charge in [0.25, 0.3) is 5.91 Å². The Labute approximate surface area is 118 Å². The third kappa shape index (κ3) is 2.80. The van der Waals surface area contributed by atoms with Crippen molar-refractivity contribution < 1.29 is 19.8 Å². The average Bonchev–Trinajstić information content (AvgIpc) is 2.74. The second-order valence-corrected chi connectivity index (χ2v) is 4.96. The number of nitrogens with zero attached hydrogens (tertiary/aromatic N) is 2. The Morgan fingerprint density at radius 1 is 1.37 bits per heavy atom. The Balaban J connectivity index is 2.33. The lowest BCUT2D eigenvalue weighted by molar-refractivity contribution is -0.141. The lowest BCUT2D eigenvalue weighted by Gasteiger charge is -2.21. The van der Waals surface area contributed by atoms with Crippen molar-refractivity contribution in [2.75, 3.05) is 6.54 Å². The molecule has 0 radical (unpaired) electrons. The first-order chi connectivity index (χ1) is 8.90. The predicted molar refractivity (Wildman–Crippen MR) is 67.3 cm³/mol. The number of hydrogen-bond donors (Lipinski definition) is 2. The fourth-order valence-electron chi connectivity index (χ4n) is 1.98. The van der Waals surface area contributed by atoms with Gasteiger partial charge in [-0.3, -0.25) is 4.79 Å². The van der Waals surface area contributed by atoms with Crippen LogP contribution in [-0.4, -0.2) is 50.7 Å². The zero-order chi connectivity index (χ0) is 14.2. The Bertz CT molecular complexity index is 537. The van der Waals surface area contributed by atoms with Crippen LogP contribution in [0.5, 0.6) is 0 Å². The zero-order valence-corrected chi connectivity index (χ0v) is 11.1. The number of carbonyl (C=O) groups is 2. The van der Waals surface area contributed by atoms with E-state index in [0.29, 0.717) is 0 Å². The molecule has 2 heterocycles. The van der Waals surface area contributed by atoms with Crippen molar-refractivity contribution in [1.82, 2.24) is 9.88 Å². The minimum absolute atomic E-state index is 0.0146. The van der Waals surface area contributed by atoms with Crippen LogP contribution in [0.2, 0.25) is 10.2 Å². The molecule has 0 bridgehead atoms. The minimum Gasteiger partial charge on any atom is -0.480 e. The van der Waals surface area contributed by atoms with Gasteiger partial charge in [-0.05, 0) is 12.1 Å². The van der Waals surface area contributed by atoms with Gasteiger partial charge < -0.3 is 15.1 Å². The fourth-order valence-corrected chi connectivity index (χ4v) is 2.31. The van der Waals surface area contributed by atoms with Crippen molar-refractivity contribution in [2.24, 2.45) is 0 Å². The van der Waals surface area contributed by atoms with Crippen LogP contribution in [0.1, 0.15) is 16.9 Å². The van der Waals surface area contributed by atoms with E-state index in [2.05, 4.69) is 4.98 Å². The van der Waals surface area contributed by atoms with E-state index in [9.17, 15) is 14.7 Å². The van der Waals surface area contributed by atoms with E-state index >= 15 is 0 Å². The number of amides is 1. The number of β-amino-alcohol motifs (C(OH)–C–C–N with tert-alkyl or cyclic N) is 1. The summed E-state index contributed by atoms with van der Waals surface area (Å²) in [5.74, 6) is -1.83. The second-order valence-electron chi connectivity index (χ2n) is 4.17. The fraction of sp³-hybridized carbons (Fsp3) is 0.364. The molecule has 19 heavy (non-hydrogen) atoms. The quantitative estimate of drug-likeness (QED) is 0.797. The molecular weight excluding hydrogens is 295 g/mol. The summed E-state index contributed by atoms with van der Waals surface area (Å²) in [4.78, 5) is 28.1. The van der Waals surface area contributed by atoms with Crippen molar-refractivity contribution in [2.45, 2.75) is 18.6 Å². The van der Waals surface area contributed by atoms with Gasteiger partial charge in [-0.25, -0.2) is 9.78 Å². The number of aromatic nitrogens is 1. The normalized spacial score (nSPS) is 22.6. The molecule has 1 fully saturated rings. The first-order valence-electron chi connectivity index (χ1n) is 5.44. The number of aliphatic hydroxyl groups excluding tert-OH is 1. The van der Waals surface area contributed by atoms with Crippen LogP contribution in [0.15, 0.2) is 12.1 Å². The molecule has 1 aliphatic rings. The van der Waals surface area contributed by atoms with Gasteiger partial charge in [0.05, 0.1) is 11.1 Å². The molecule has 1 aliphatic heterocycles. The van der Waals surface area contributed by atoms with Crippen LogP contribution in [0, 0.1) is 0 Å². The maximum Gasteiger partial charge on any atom is 0.326 e. The number of carboxylic acid groups (broad SMARTS) is 1. The van der Waals surface area contributed by atoms with Crippen LogP contribution >= 0.6 is 23.2 Å². The average molecular weight is 305 g/mol. The number of pyridine rings is 1. The Kier molecular flexibility index (Phi) is 3.93. The Morgan fingerprint density at radius 2 is 2.05 bits per heavy atom. The molecule has 1 saturated heterocycles. The van der Waals surface area contributed by atoms with Crippen molar-refractivity contribution >= 4 is 35.1 Å². The minimum atomic E-state index is -1.18. The van der Waals surface area contributed by atoms with Gasteiger partial charge in [-0.1, -0.05) is 23.2 Å². The molecule has 1 aromatic rings. The molecular formula is C11H10Cl2N2O4. The Hall–Kier alpha value is -1.37. The molecule has 0 aromatic carbocycles. The summed E-state index contributed by atoms with van der Waals surface area (Å²) in [7, 11) is 0. The topological polar surface area (TPSA) is 90.7 Å². The van der Waals surface area contributed by atoms with Gasteiger partial charge in [0.2, 0.25) is 0 Å². The van der Waals surface area contributed by atoms with Crippen LogP contribution in [-0.2, 0) is 4.79 Å². The molecule has 1 aromatic heterocycles. The second kappa shape index (κ2) is 5.32. The van der Waals surface area contributed by atoms with Gasteiger partial charge in [0.15, 0.2) is 0 Å². The highest BCUT2D eigenvalue weighted by Crippen LogP contribution is 2.24. The highest BCUT2D eigenvalue weighted by molar-refractivity contribution is 6.34. The molecule has 0 spiro atoms. The largest absolute Gasteiger partial charge is 0.480 e. The maximum absolute atomic E-state index is 12.2. The lowest BCUT2D eigenvalue weighted by Crippen LogP contribution is -2.41. The SMILES string of the molecule is O=C(O)[C@@H]1C[C@@H](O)CN1C(=O)c1nc(Cl)ccc1Cl. The van der Waals surface area contributed by atoms with E-state index in [1.807, 2.05) is 0 Å². The smallest absolute Gasteiger partial charge is 0.326 e. The first-order valence-corrected chi connectivity index (χ1v) is 6.19. The summed E-state index contributed by atoms with van der Waals surface area (Å²) in [5.41, 5.74) is -0.116. The molecule has 0 unspecified atom stereocenters. The first kappa shape index (κ1) is 14.0. The summed E-state index contributed by atoms with van der Waals surface area (Å²) in [6.07, 6.45) is -0.887. The van der Waals surface area contributed by atoms with Gasteiger partial charge >= 0.3 is 5.97 Å². The molecule has 2 atom stereocenters. The molecule has 0 saturated carbocycles. The number of carbonyl (C=O) groups excluding carboxylic acids is 1. The highest BCUT2D eigenvalue weighted by Gasteiger charge is 2.40. The van der Waals surface area contributed by atoms with E-state index in [1.165, 1.54) is 12.1 Å². The summed E-state index contributed by atoms with van der Waals surface area (Å²) in [5, 5.41) is 18.7. The van der Waals surface area contributed by atoms with Crippen molar-refractivity contribution in [1.29, 1.82) is 0 Å². The van der Waals surface area contributed by atoms with E-state index in [-0.39, 0.29) is 28.8 Å². The Morgan fingerprint density at radius 3 is 2.68 bits per heavy atom. The number of halogens is 2. The molecule has 2 rings (SSSR count).